The van der Waals surface area contributed by atoms with Gasteiger partial charge in [0.05, 0.1) is 58.3 Å². The van der Waals surface area contributed by atoms with E-state index in [1.165, 1.54) is 64.2 Å². The quantitative estimate of drug-likeness (QED) is 0.0357. The van der Waals surface area contributed by atoms with E-state index in [1.807, 2.05) is 0 Å². The standard InChI is InChI=1S/C29H60O12S2.2Na/c1-3-5-7-9-11-13-15-17-19-36-25-29(27-38-21-23-40-42(30,31)32,28-39-22-24-41-43(33,34)35)26-37-20-18-16-14-12-10-8-6-4-2;;/h3-28H2,1-2H3,(H,30,31,32)(H,33,34,35);;/q;2*+1/p-2. The Hall–Kier alpha value is 1.58. The Morgan fingerprint density at radius 3 is 0.978 bits per heavy atom. The topological polar surface area (TPSA) is 170 Å². The van der Waals surface area contributed by atoms with Crippen LogP contribution in [0.5, 0.6) is 0 Å². The molecule has 0 unspecified atom stereocenters. The predicted molar refractivity (Wildman–Crippen MR) is 162 cm³/mol. The Balaban J connectivity index is -0.00000882. The molecule has 0 heterocycles. The molecule has 0 atom stereocenters. The normalized spacial score (nSPS) is 12.2. The first kappa shape index (κ1) is 51.0. The molecule has 0 aliphatic carbocycles. The molecular formula is C29H58Na2O12S2. The Morgan fingerprint density at radius 2 is 0.689 bits per heavy atom. The van der Waals surface area contributed by atoms with Gasteiger partial charge in [-0.15, -0.1) is 0 Å². The second-order valence-corrected chi connectivity index (χ2v) is 13.2. The molecule has 0 fully saturated rings. The van der Waals surface area contributed by atoms with Crippen LogP contribution in [-0.2, 0) is 48.1 Å². The van der Waals surface area contributed by atoms with Crippen LogP contribution in [0.15, 0.2) is 0 Å². The molecule has 0 spiro atoms. The van der Waals surface area contributed by atoms with Crippen LogP contribution in [0.3, 0.4) is 0 Å². The summed E-state index contributed by atoms with van der Waals surface area (Å²) in [4.78, 5) is 0. The molecule has 12 nitrogen and oxygen atoms in total. The fourth-order valence-corrected chi connectivity index (χ4v) is 5.02. The van der Waals surface area contributed by atoms with Crippen LogP contribution in [0.2, 0.25) is 0 Å². The summed E-state index contributed by atoms with van der Waals surface area (Å²) in [5, 5.41) is 0. The average Bonchev–Trinajstić information content (AvgIpc) is 2.93. The Labute approximate surface area is 318 Å². The van der Waals surface area contributed by atoms with Crippen molar-refractivity contribution in [1.82, 2.24) is 0 Å². The minimum atomic E-state index is -4.83. The van der Waals surface area contributed by atoms with E-state index in [0.29, 0.717) is 13.2 Å². The van der Waals surface area contributed by atoms with Gasteiger partial charge in [-0.1, -0.05) is 104 Å². The maximum Gasteiger partial charge on any atom is 1.00 e. The molecule has 0 saturated carbocycles. The van der Waals surface area contributed by atoms with Crippen molar-refractivity contribution >= 4 is 20.8 Å². The molecule has 0 aromatic heterocycles. The maximum absolute atomic E-state index is 10.7. The van der Waals surface area contributed by atoms with Crippen LogP contribution in [-0.4, -0.2) is 92.0 Å². The van der Waals surface area contributed by atoms with Crippen LogP contribution in [0.1, 0.15) is 117 Å². The summed E-state index contributed by atoms with van der Waals surface area (Å²) in [5.74, 6) is 0. The van der Waals surface area contributed by atoms with Gasteiger partial charge in [-0.25, -0.2) is 16.8 Å². The summed E-state index contributed by atoms with van der Waals surface area (Å²) < 4.78 is 96.1. The second kappa shape index (κ2) is 34.0. The van der Waals surface area contributed by atoms with Crippen molar-refractivity contribution < 1.29 is 112 Å². The number of hydrogen-bond acceptors (Lipinski definition) is 12. The molecule has 0 bridgehead atoms. The summed E-state index contributed by atoms with van der Waals surface area (Å²) in [6, 6.07) is 0. The van der Waals surface area contributed by atoms with Gasteiger partial charge in [0.25, 0.3) is 0 Å². The van der Waals surface area contributed by atoms with E-state index in [0.717, 1.165) is 38.5 Å². The first-order valence-corrected chi connectivity index (χ1v) is 18.7. The molecule has 0 rings (SSSR count). The zero-order valence-corrected chi connectivity index (χ0v) is 34.2. The van der Waals surface area contributed by atoms with Gasteiger partial charge in [0.2, 0.25) is 20.8 Å². The Morgan fingerprint density at radius 1 is 0.422 bits per heavy atom. The maximum atomic E-state index is 10.7. The van der Waals surface area contributed by atoms with Gasteiger partial charge in [-0.2, -0.15) is 0 Å². The molecule has 260 valence electrons. The molecule has 0 amide bonds. The molecule has 0 saturated heterocycles. The minimum Gasteiger partial charge on any atom is -0.726 e. The summed E-state index contributed by atoms with van der Waals surface area (Å²) in [6.07, 6.45) is 18.7. The van der Waals surface area contributed by atoms with Crippen LogP contribution in [0.4, 0.5) is 0 Å². The number of hydrogen-bond donors (Lipinski definition) is 0. The van der Waals surface area contributed by atoms with Crippen molar-refractivity contribution in [2.45, 2.75) is 117 Å². The second-order valence-electron chi connectivity index (χ2n) is 11.1. The van der Waals surface area contributed by atoms with Crippen molar-refractivity contribution in [1.29, 1.82) is 0 Å². The van der Waals surface area contributed by atoms with Gasteiger partial charge in [0, 0.05) is 13.2 Å². The van der Waals surface area contributed by atoms with E-state index in [9.17, 15) is 25.9 Å². The molecule has 0 aromatic carbocycles. The van der Waals surface area contributed by atoms with Crippen LogP contribution in [0, 0.1) is 5.41 Å². The van der Waals surface area contributed by atoms with E-state index in [1.54, 1.807) is 0 Å². The monoisotopic (exact) mass is 708 g/mol. The van der Waals surface area contributed by atoms with Gasteiger partial charge in [-0.05, 0) is 12.8 Å². The molecule has 0 N–H and O–H groups in total. The third kappa shape index (κ3) is 38.2. The molecule has 0 aromatic rings. The molecule has 0 aliphatic heterocycles. The fourth-order valence-electron chi connectivity index (χ4n) is 4.47. The van der Waals surface area contributed by atoms with Gasteiger partial charge >= 0.3 is 59.1 Å². The zero-order valence-electron chi connectivity index (χ0n) is 28.6. The number of unbranched alkanes of at least 4 members (excludes halogenated alkanes) is 14. The van der Waals surface area contributed by atoms with Gasteiger partial charge < -0.3 is 28.1 Å². The zero-order chi connectivity index (χ0) is 32.1. The molecule has 16 heteroatoms. The van der Waals surface area contributed by atoms with Crippen molar-refractivity contribution in [3.63, 3.8) is 0 Å². The van der Waals surface area contributed by atoms with E-state index >= 15 is 0 Å². The summed E-state index contributed by atoms with van der Waals surface area (Å²) in [6.45, 7) is 4.79. The summed E-state index contributed by atoms with van der Waals surface area (Å²) in [5.41, 5.74) is -0.813. The SMILES string of the molecule is CCCCCCCCCCOCC(COCCCCCCCCCC)(COCCOS(=O)(=O)[O-])COCCOS(=O)(=O)[O-].[Na+].[Na+]. The van der Waals surface area contributed by atoms with Crippen molar-refractivity contribution in [2.75, 3.05) is 66.1 Å². The van der Waals surface area contributed by atoms with E-state index in [2.05, 4.69) is 22.2 Å². The summed E-state index contributed by atoms with van der Waals surface area (Å²) >= 11 is 0. The average molecular weight is 709 g/mol. The van der Waals surface area contributed by atoms with Crippen molar-refractivity contribution in [3.8, 4) is 0 Å². The molecule has 45 heavy (non-hydrogen) atoms. The first-order chi connectivity index (χ1) is 20.5. The third-order valence-electron chi connectivity index (χ3n) is 6.83. The number of rotatable bonds is 34. The number of ether oxygens (including phenoxy) is 4. The molecule has 0 aliphatic rings. The van der Waals surface area contributed by atoms with Gasteiger partial charge in [0.15, 0.2) is 0 Å². The van der Waals surface area contributed by atoms with E-state index in [4.69, 9.17) is 18.9 Å². The van der Waals surface area contributed by atoms with E-state index in [-0.39, 0.29) is 98.8 Å². The molecule has 0 radical (unpaired) electrons. The van der Waals surface area contributed by atoms with Crippen molar-refractivity contribution in [2.24, 2.45) is 5.41 Å². The minimum absolute atomic E-state index is 0. The predicted octanol–water partition coefficient (Wildman–Crippen LogP) is -0.718. The van der Waals surface area contributed by atoms with Crippen LogP contribution >= 0.6 is 0 Å². The third-order valence-corrected chi connectivity index (χ3v) is 7.74. The van der Waals surface area contributed by atoms with Gasteiger partial charge in [0.1, 0.15) is 0 Å². The van der Waals surface area contributed by atoms with Crippen LogP contribution < -0.4 is 59.1 Å². The Bertz CT molecular complexity index is 765. The van der Waals surface area contributed by atoms with E-state index < -0.39 is 39.4 Å². The smallest absolute Gasteiger partial charge is 0.726 e. The largest absolute Gasteiger partial charge is 1.00 e. The summed E-state index contributed by atoms with van der Waals surface area (Å²) in [7, 11) is -9.66. The van der Waals surface area contributed by atoms with Crippen LogP contribution in [0.25, 0.3) is 0 Å². The Kier molecular flexibility index (Phi) is 38.6. The fraction of sp³-hybridized carbons (Fsp3) is 1.00. The molecular weight excluding hydrogens is 650 g/mol. The van der Waals surface area contributed by atoms with Crippen molar-refractivity contribution in [3.05, 3.63) is 0 Å². The van der Waals surface area contributed by atoms with Gasteiger partial charge in [-0.3, -0.25) is 8.37 Å². The first-order valence-electron chi connectivity index (χ1n) is 16.0.